The number of methoxy groups -OCH3 is 1. The van der Waals surface area contributed by atoms with Crippen molar-refractivity contribution in [2.45, 2.75) is 19.6 Å². The predicted octanol–water partition coefficient (Wildman–Crippen LogP) is 3.96. The van der Waals surface area contributed by atoms with Gasteiger partial charge in [0.25, 0.3) is 5.56 Å². The number of alkyl halides is 3. The Hall–Kier alpha value is -2.50. The first-order valence-corrected chi connectivity index (χ1v) is 6.83. The van der Waals surface area contributed by atoms with Gasteiger partial charge in [0.2, 0.25) is 0 Å². The SMILES string of the molecule is C=C(C)c1cc(C(F)(F)F)c(=O)n(Cc2ccc(OC)cc2)c1. The van der Waals surface area contributed by atoms with Crippen LogP contribution in [0.15, 0.2) is 47.9 Å². The second-order valence-electron chi connectivity index (χ2n) is 5.20. The minimum Gasteiger partial charge on any atom is -0.497 e. The molecule has 6 heteroatoms. The summed E-state index contributed by atoms with van der Waals surface area (Å²) in [6.45, 7) is 5.28. The highest BCUT2D eigenvalue weighted by Crippen LogP contribution is 2.28. The minimum atomic E-state index is -4.70. The average molecular weight is 323 g/mol. The molecule has 0 N–H and O–H groups in total. The lowest BCUT2D eigenvalue weighted by Crippen LogP contribution is -2.29. The molecular formula is C17H16F3NO2. The normalized spacial score (nSPS) is 11.3. The highest BCUT2D eigenvalue weighted by atomic mass is 19.4. The Morgan fingerprint density at radius 2 is 1.87 bits per heavy atom. The number of allylic oxidation sites excluding steroid dienone is 1. The summed E-state index contributed by atoms with van der Waals surface area (Å²) in [6.07, 6.45) is -3.31. The molecule has 0 fully saturated rings. The van der Waals surface area contributed by atoms with Crippen LogP contribution in [0.4, 0.5) is 13.2 Å². The van der Waals surface area contributed by atoms with Gasteiger partial charge in [0, 0.05) is 6.20 Å². The zero-order valence-corrected chi connectivity index (χ0v) is 12.8. The van der Waals surface area contributed by atoms with Crippen LogP contribution in [0.5, 0.6) is 5.75 Å². The van der Waals surface area contributed by atoms with Crippen molar-refractivity contribution in [2.75, 3.05) is 7.11 Å². The summed E-state index contributed by atoms with van der Waals surface area (Å²) in [5.41, 5.74) is -0.825. The van der Waals surface area contributed by atoms with E-state index in [1.807, 2.05) is 0 Å². The number of nitrogens with zero attached hydrogens (tertiary/aromatic N) is 1. The number of hydrogen-bond acceptors (Lipinski definition) is 2. The van der Waals surface area contributed by atoms with Crippen molar-refractivity contribution in [3.63, 3.8) is 0 Å². The molecule has 0 saturated carbocycles. The lowest BCUT2D eigenvalue weighted by molar-refractivity contribution is -0.139. The molecule has 2 rings (SSSR count). The number of halogens is 3. The fourth-order valence-electron chi connectivity index (χ4n) is 2.12. The lowest BCUT2D eigenvalue weighted by Gasteiger charge is -2.14. The van der Waals surface area contributed by atoms with Gasteiger partial charge in [-0.2, -0.15) is 13.2 Å². The van der Waals surface area contributed by atoms with Crippen LogP contribution in [0.25, 0.3) is 5.57 Å². The van der Waals surface area contributed by atoms with Crippen LogP contribution in [0.2, 0.25) is 0 Å². The molecule has 0 aliphatic rings. The van der Waals surface area contributed by atoms with E-state index in [-0.39, 0.29) is 12.1 Å². The molecule has 3 nitrogen and oxygen atoms in total. The highest BCUT2D eigenvalue weighted by molar-refractivity contribution is 5.61. The molecule has 0 amide bonds. The molecule has 0 aliphatic heterocycles. The zero-order chi connectivity index (χ0) is 17.2. The van der Waals surface area contributed by atoms with Crippen LogP contribution < -0.4 is 10.3 Å². The van der Waals surface area contributed by atoms with Gasteiger partial charge >= 0.3 is 6.18 Å². The Kier molecular flexibility index (Phi) is 4.63. The van der Waals surface area contributed by atoms with E-state index >= 15 is 0 Å². The zero-order valence-electron chi connectivity index (χ0n) is 12.8. The van der Waals surface area contributed by atoms with E-state index in [2.05, 4.69) is 6.58 Å². The molecule has 0 unspecified atom stereocenters. The van der Waals surface area contributed by atoms with Crippen LogP contribution in [0.3, 0.4) is 0 Å². The number of benzene rings is 1. The van der Waals surface area contributed by atoms with Crippen LogP contribution in [0, 0.1) is 0 Å². The molecule has 0 bridgehead atoms. The van der Waals surface area contributed by atoms with Crippen molar-refractivity contribution in [3.05, 3.63) is 70.2 Å². The Labute approximate surface area is 131 Å². The summed E-state index contributed by atoms with van der Waals surface area (Å²) < 4.78 is 45.2. The standard InChI is InChI=1S/C17H16F3NO2/c1-11(2)13-8-15(17(18,19)20)16(22)21(10-13)9-12-4-6-14(23-3)7-5-12/h4-8,10H,1,9H2,2-3H3. The van der Waals surface area contributed by atoms with Crippen molar-refractivity contribution in [3.8, 4) is 5.75 Å². The van der Waals surface area contributed by atoms with Gasteiger partial charge in [0.15, 0.2) is 0 Å². The van der Waals surface area contributed by atoms with Crippen LogP contribution in [-0.4, -0.2) is 11.7 Å². The third kappa shape index (κ3) is 3.83. The topological polar surface area (TPSA) is 31.2 Å². The monoisotopic (exact) mass is 323 g/mol. The van der Waals surface area contributed by atoms with E-state index in [1.165, 1.54) is 13.3 Å². The van der Waals surface area contributed by atoms with Crippen molar-refractivity contribution >= 4 is 5.57 Å². The molecule has 1 aromatic heterocycles. The van der Waals surface area contributed by atoms with Crippen molar-refractivity contribution in [1.82, 2.24) is 4.57 Å². The summed E-state index contributed by atoms with van der Waals surface area (Å²) in [7, 11) is 1.52. The van der Waals surface area contributed by atoms with E-state index in [0.717, 1.165) is 10.6 Å². The maximum absolute atomic E-state index is 13.1. The van der Waals surface area contributed by atoms with Gasteiger partial charge in [-0.15, -0.1) is 0 Å². The van der Waals surface area contributed by atoms with E-state index in [4.69, 9.17) is 4.74 Å². The molecular weight excluding hydrogens is 307 g/mol. The first-order chi connectivity index (χ1) is 10.7. The molecule has 2 aromatic rings. The van der Waals surface area contributed by atoms with Crippen molar-refractivity contribution in [1.29, 1.82) is 0 Å². The van der Waals surface area contributed by atoms with Crippen LogP contribution >= 0.6 is 0 Å². The van der Waals surface area contributed by atoms with Gasteiger partial charge in [-0.05, 0) is 41.8 Å². The number of ether oxygens (including phenoxy) is 1. The van der Waals surface area contributed by atoms with E-state index < -0.39 is 17.3 Å². The summed E-state index contributed by atoms with van der Waals surface area (Å²) in [4.78, 5) is 12.1. The Morgan fingerprint density at radius 1 is 1.26 bits per heavy atom. The number of aromatic nitrogens is 1. The summed E-state index contributed by atoms with van der Waals surface area (Å²) in [5, 5.41) is 0. The fraction of sp³-hybridized carbons (Fsp3) is 0.235. The van der Waals surface area contributed by atoms with Crippen molar-refractivity contribution in [2.24, 2.45) is 0 Å². The molecule has 23 heavy (non-hydrogen) atoms. The Balaban J connectivity index is 2.50. The predicted molar refractivity (Wildman–Crippen MR) is 82.5 cm³/mol. The molecule has 1 aromatic carbocycles. The van der Waals surface area contributed by atoms with Gasteiger partial charge in [-0.3, -0.25) is 4.79 Å². The fourth-order valence-corrected chi connectivity index (χ4v) is 2.12. The van der Waals surface area contributed by atoms with E-state index in [0.29, 0.717) is 16.9 Å². The quantitative estimate of drug-likeness (QED) is 0.853. The minimum absolute atomic E-state index is 0.0347. The molecule has 1 heterocycles. The second kappa shape index (κ2) is 6.32. The maximum Gasteiger partial charge on any atom is 0.421 e. The van der Waals surface area contributed by atoms with Gasteiger partial charge in [0.1, 0.15) is 11.3 Å². The van der Waals surface area contributed by atoms with Gasteiger partial charge < -0.3 is 9.30 Å². The van der Waals surface area contributed by atoms with Crippen LogP contribution in [-0.2, 0) is 12.7 Å². The lowest BCUT2D eigenvalue weighted by atomic mass is 10.1. The Morgan fingerprint density at radius 3 is 2.35 bits per heavy atom. The largest absolute Gasteiger partial charge is 0.497 e. The first-order valence-electron chi connectivity index (χ1n) is 6.83. The third-order valence-corrected chi connectivity index (χ3v) is 3.40. The summed E-state index contributed by atoms with van der Waals surface area (Å²) in [5.74, 6) is 0.632. The second-order valence-corrected chi connectivity index (χ2v) is 5.20. The molecule has 0 atom stereocenters. The molecule has 0 aliphatic carbocycles. The van der Waals surface area contributed by atoms with Gasteiger partial charge in [-0.1, -0.05) is 18.7 Å². The highest BCUT2D eigenvalue weighted by Gasteiger charge is 2.35. The number of pyridine rings is 1. The smallest absolute Gasteiger partial charge is 0.421 e. The van der Waals surface area contributed by atoms with Crippen LogP contribution in [0.1, 0.15) is 23.6 Å². The van der Waals surface area contributed by atoms with E-state index in [1.54, 1.807) is 31.2 Å². The summed E-state index contributed by atoms with van der Waals surface area (Å²) in [6, 6.07) is 7.62. The molecule has 0 saturated heterocycles. The van der Waals surface area contributed by atoms with Gasteiger partial charge in [0.05, 0.1) is 13.7 Å². The third-order valence-electron chi connectivity index (χ3n) is 3.40. The average Bonchev–Trinajstić information content (AvgIpc) is 2.48. The molecule has 0 spiro atoms. The summed E-state index contributed by atoms with van der Waals surface area (Å²) >= 11 is 0. The van der Waals surface area contributed by atoms with Gasteiger partial charge in [-0.25, -0.2) is 0 Å². The number of rotatable bonds is 4. The van der Waals surface area contributed by atoms with E-state index in [9.17, 15) is 18.0 Å². The van der Waals surface area contributed by atoms with Crippen molar-refractivity contribution < 1.29 is 17.9 Å². The first kappa shape index (κ1) is 16.9. The number of hydrogen-bond donors (Lipinski definition) is 0. The molecule has 122 valence electrons. The molecule has 0 radical (unpaired) electrons. The Bertz CT molecular complexity index is 774. The maximum atomic E-state index is 13.1.